The summed E-state index contributed by atoms with van der Waals surface area (Å²) >= 11 is 5.90. The smallest absolute Gasteiger partial charge is 0.374 e. The second kappa shape index (κ2) is 8.06. The number of esters is 1. The normalized spacial score (nSPS) is 11.9. The SMILES string of the molecule is C[C@H](CNC(=O)COC(=O)c1cc2cc(Cl)ccc2o1)c1ccccc1. The second-order valence-corrected chi connectivity index (χ2v) is 6.42. The molecular weight excluding hydrogens is 354 g/mol. The van der Waals surface area contributed by atoms with E-state index >= 15 is 0 Å². The Morgan fingerprint density at radius 1 is 1.15 bits per heavy atom. The van der Waals surface area contributed by atoms with Crippen LogP contribution in [0.3, 0.4) is 0 Å². The van der Waals surface area contributed by atoms with E-state index < -0.39 is 5.97 Å². The van der Waals surface area contributed by atoms with Crippen LogP contribution in [-0.4, -0.2) is 25.0 Å². The Morgan fingerprint density at radius 2 is 1.92 bits per heavy atom. The molecule has 3 aromatic rings. The van der Waals surface area contributed by atoms with Crippen LogP contribution >= 0.6 is 11.6 Å². The van der Waals surface area contributed by atoms with E-state index in [0.717, 1.165) is 5.56 Å². The summed E-state index contributed by atoms with van der Waals surface area (Å²) < 4.78 is 10.4. The molecule has 134 valence electrons. The number of furan rings is 1. The van der Waals surface area contributed by atoms with Crippen molar-refractivity contribution in [3.8, 4) is 0 Å². The number of amides is 1. The van der Waals surface area contributed by atoms with E-state index in [1.807, 2.05) is 37.3 Å². The fourth-order valence-electron chi connectivity index (χ4n) is 2.53. The van der Waals surface area contributed by atoms with E-state index in [1.54, 1.807) is 24.3 Å². The summed E-state index contributed by atoms with van der Waals surface area (Å²) in [5.74, 6) is -0.854. The second-order valence-electron chi connectivity index (χ2n) is 5.98. The van der Waals surface area contributed by atoms with Crippen LogP contribution in [0.2, 0.25) is 5.02 Å². The summed E-state index contributed by atoms with van der Waals surface area (Å²) in [7, 11) is 0. The van der Waals surface area contributed by atoms with Crippen molar-refractivity contribution in [1.82, 2.24) is 5.32 Å². The molecule has 6 heteroatoms. The van der Waals surface area contributed by atoms with Gasteiger partial charge in [0.25, 0.3) is 5.91 Å². The monoisotopic (exact) mass is 371 g/mol. The molecule has 0 aliphatic carbocycles. The largest absolute Gasteiger partial charge is 0.450 e. The minimum Gasteiger partial charge on any atom is -0.450 e. The summed E-state index contributed by atoms with van der Waals surface area (Å²) in [4.78, 5) is 23.9. The van der Waals surface area contributed by atoms with Gasteiger partial charge < -0.3 is 14.5 Å². The maximum absolute atomic E-state index is 12.0. The van der Waals surface area contributed by atoms with Crippen molar-refractivity contribution < 1.29 is 18.7 Å². The first kappa shape index (κ1) is 18.0. The van der Waals surface area contributed by atoms with Crippen LogP contribution in [0.1, 0.15) is 29.0 Å². The van der Waals surface area contributed by atoms with E-state index in [9.17, 15) is 9.59 Å². The van der Waals surface area contributed by atoms with Gasteiger partial charge in [-0.2, -0.15) is 0 Å². The molecule has 1 atom stereocenters. The van der Waals surface area contributed by atoms with E-state index in [2.05, 4.69) is 5.32 Å². The average molecular weight is 372 g/mol. The maximum atomic E-state index is 12.0. The lowest BCUT2D eigenvalue weighted by molar-refractivity contribution is -0.124. The predicted molar refractivity (Wildman–Crippen MR) is 99.4 cm³/mol. The first-order chi connectivity index (χ1) is 12.5. The fourth-order valence-corrected chi connectivity index (χ4v) is 2.71. The van der Waals surface area contributed by atoms with Crippen LogP contribution in [-0.2, 0) is 9.53 Å². The molecule has 1 aromatic heterocycles. The molecule has 0 bridgehead atoms. The Morgan fingerprint density at radius 3 is 2.69 bits per heavy atom. The molecule has 0 saturated carbocycles. The minimum absolute atomic E-state index is 0.0349. The number of carbonyl (C=O) groups excluding carboxylic acids is 2. The number of hydrogen-bond donors (Lipinski definition) is 1. The molecule has 0 saturated heterocycles. The highest BCUT2D eigenvalue weighted by atomic mass is 35.5. The van der Waals surface area contributed by atoms with E-state index in [4.69, 9.17) is 20.8 Å². The van der Waals surface area contributed by atoms with E-state index in [0.29, 0.717) is 22.5 Å². The summed E-state index contributed by atoms with van der Waals surface area (Å²) in [5, 5.41) is 4.00. The molecule has 0 aliphatic heterocycles. The summed E-state index contributed by atoms with van der Waals surface area (Å²) in [6.07, 6.45) is 0. The number of benzene rings is 2. The van der Waals surface area contributed by atoms with Crippen LogP contribution in [0.4, 0.5) is 0 Å². The van der Waals surface area contributed by atoms with Crippen molar-refractivity contribution in [2.45, 2.75) is 12.8 Å². The van der Waals surface area contributed by atoms with Gasteiger partial charge in [-0.25, -0.2) is 4.79 Å². The van der Waals surface area contributed by atoms with Crippen LogP contribution < -0.4 is 5.32 Å². The van der Waals surface area contributed by atoms with Crippen molar-refractivity contribution in [2.24, 2.45) is 0 Å². The van der Waals surface area contributed by atoms with Crippen LogP contribution in [0.15, 0.2) is 59.0 Å². The fraction of sp³-hybridized carbons (Fsp3) is 0.200. The van der Waals surface area contributed by atoms with Gasteiger partial charge in [-0.05, 0) is 35.7 Å². The highest BCUT2D eigenvalue weighted by Crippen LogP contribution is 2.23. The zero-order valence-corrected chi connectivity index (χ0v) is 15.0. The van der Waals surface area contributed by atoms with Crippen molar-refractivity contribution in [3.63, 3.8) is 0 Å². The van der Waals surface area contributed by atoms with Gasteiger partial charge >= 0.3 is 5.97 Å². The standard InChI is InChI=1S/C20H18ClNO4/c1-13(14-5-3-2-4-6-14)11-22-19(23)12-25-20(24)18-10-15-9-16(21)7-8-17(15)26-18/h2-10,13H,11-12H2,1H3,(H,22,23)/t13-/m1/s1. The first-order valence-corrected chi connectivity index (χ1v) is 8.58. The molecule has 26 heavy (non-hydrogen) atoms. The molecule has 0 radical (unpaired) electrons. The Kier molecular flexibility index (Phi) is 5.58. The molecule has 5 nitrogen and oxygen atoms in total. The van der Waals surface area contributed by atoms with Gasteiger partial charge in [0.1, 0.15) is 5.58 Å². The number of ether oxygens (including phenoxy) is 1. The third-order valence-corrected chi connectivity index (χ3v) is 4.22. The highest BCUT2D eigenvalue weighted by molar-refractivity contribution is 6.31. The number of hydrogen-bond acceptors (Lipinski definition) is 4. The van der Waals surface area contributed by atoms with Gasteiger partial charge in [-0.15, -0.1) is 0 Å². The summed E-state index contributed by atoms with van der Waals surface area (Å²) in [6.45, 7) is 2.11. The third-order valence-electron chi connectivity index (χ3n) is 3.99. The Balaban J connectivity index is 1.49. The van der Waals surface area contributed by atoms with Crippen LogP contribution in [0.5, 0.6) is 0 Å². The van der Waals surface area contributed by atoms with Gasteiger partial charge in [0.05, 0.1) is 0 Å². The molecule has 0 aliphatic rings. The molecule has 0 fully saturated rings. The summed E-state index contributed by atoms with van der Waals surface area (Å²) in [6, 6.07) is 16.4. The van der Waals surface area contributed by atoms with Gasteiger partial charge in [-0.3, -0.25) is 4.79 Å². The Hall–Kier alpha value is -2.79. The third kappa shape index (κ3) is 4.43. The number of halogens is 1. The predicted octanol–water partition coefficient (Wildman–Crippen LogP) is 4.16. The molecule has 0 spiro atoms. The van der Waals surface area contributed by atoms with E-state index in [1.165, 1.54) is 0 Å². The molecule has 1 heterocycles. The highest BCUT2D eigenvalue weighted by Gasteiger charge is 2.16. The average Bonchev–Trinajstić information content (AvgIpc) is 3.08. The van der Waals surface area contributed by atoms with Crippen LogP contribution in [0.25, 0.3) is 11.0 Å². The Bertz CT molecular complexity index is 920. The lowest BCUT2D eigenvalue weighted by Crippen LogP contribution is -2.31. The first-order valence-electron chi connectivity index (χ1n) is 8.21. The van der Waals surface area contributed by atoms with Gasteiger partial charge in [-0.1, -0.05) is 48.9 Å². The van der Waals surface area contributed by atoms with Gasteiger partial charge in [0, 0.05) is 17.0 Å². The van der Waals surface area contributed by atoms with Crippen LogP contribution in [0, 0.1) is 0 Å². The molecule has 3 rings (SSSR count). The number of carbonyl (C=O) groups is 2. The lowest BCUT2D eigenvalue weighted by atomic mass is 10.0. The van der Waals surface area contributed by atoms with Gasteiger partial charge in [0.15, 0.2) is 6.61 Å². The van der Waals surface area contributed by atoms with Crippen molar-refractivity contribution >= 4 is 34.4 Å². The van der Waals surface area contributed by atoms with Crippen molar-refractivity contribution in [3.05, 3.63) is 70.9 Å². The number of nitrogens with one attached hydrogen (secondary N) is 1. The minimum atomic E-state index is -0.691. The number of fused-ring (bicyclic) bond motifs is 1. The molecular formula is C20H18ClNO4. The number of rotatable bonds is 6. The molecule has 1 amide bonds. The Labute approximate surface area is 155 Å². The van der Waals surface area contributed by atoms with Crippen molar-refractivity contribution in [1.29, 1.82) is 0 Å². The topological polar surface area (TPSA) is 68.5 Å². The molecule has 0 unspecified atom stereocenters. The van der Waals surface area contributed by atoms with Crippen molar-refractivity contribution in [2.75, 3.05) is 13.2 Å². The molecule has 2 aromatic carbocycles. The molecule has 1 N–H and O–H groups in total. The zero-order valence-electron chi connectivity index (χ0n) is 14.2. The maximum Gasteiger partial charge on any atom is 0.374 e. The zero-order chi connectivity index (χ0) is 18.5. The van der Waals surface area contributed by atoms with E-state index in [-0.39, 0.29) is 24.2 Å². The van der Waals surface area contributed by atoms with Gasteiger partial charge in [0.2, 0.25) is 5.76 Å². The quantitative estimate of drug-likeness (QED) is 0.660. The lowest BCUT2D eigenvalue weighted by Gasteiger charge is -2.13. The summed E-state index contributed by atoms with van der Waals surface area (Å²) in [5.41, 5.74) is 1.66.